The minimum Gasteiger partial charge on any atom is -0.494 e. The van der Waals surface area contributed by atoms with Crippen molar-refractivity contribution in [3.05, 3.63) is 89.2 Å². The van der Waals surface area contributed by atoms with Crippen LogP contribution in [-0.2, 0) is 26.2 Å². The number of benzene rings is 3. The van der Waals surface area contributed by atoms with Gasteiger partial charge in [-0.05, 0) is 92.4 Å². The fraction of sp³-hybridized carbons (Fsp3) is 0.394. The Morgan fingerprint density at radius 2 is 1.59 bits per heavy atom. The van der Waals surface area contributed by atoms with Crippen LogP contribution in [0.3, 0.4) is 0 Å². The molecule has 44 heavy (non-hydrogen) atoms. The van der Waals surface area contributed by atoms with Crippen molar-refractivity contribution >= 4 is 39.1 Å². The predicted molar refractivity (Wildman–Crippen MR) is 170 cm³/mol. The molecule has 0 heterocycles. The number of nitrogens with one attached hydrogen (secondary N) is 1. The van der Waals surface area contributed by atoms with Gasteiger partial charge in [-0.1, -0.05) is 49.9 Å². The molecular weight excluding hydrogens is 605 g/mol. The van der Waals surface area contributed by atoms with Gasteiger partial charge in [0.2, 0.25) is 11.8 Å². The van der Waals surface area contributed by atoms with E-state index < -0.39 is 34.3 Å². The second-order valence-electron chi connectivity index (χ2n) is 10.8. The number of carbonyl (C=O) groups excluding carboxylic acids is 2. The smallest absolute Gasteiger partial charge is 0.264 e. The lowest BCUT2D eigenvalue weighted by Gasteiger charge is -2.34. The Morgan fingerprint density at radius 1 is 0.955 bits per heavy atom. The number of hydrogen-bond acceptors (Lipinski definition) is 5. The number of carbonyl (C=O) groups is 2. The summed E-state index contributed by atoms with van der Waals surface area (Å²) in [5.41, 5.74) is 0.956. The van der Waals surface area contributed by atoms with E-state index in [9.17, 15) is 22.4 Å². The molecule has 1 aliphatic carbocycles. The van der Waals surface area contributed by atoms with E-state index in [1.54, 1.807) is 48.5 Å². The number of sulfonamides is 1. The van der Waals surface area contributed by atoms with Crippen molar-refractivity contribution in [1.82, 2.24) is 10.2 Å². The van der Waals surface area contributed by atoms with Crippen molar-refractivity contribution < 1.29 is 27.1 Å². The minimum atomic E-state index is -4.32. The van der Waals surface area contributed by atoms with Crippen LogP contribution in [0.25, 0.3) is 0 Å². The first-order valence-electron chi connectivity index (χ1n) is 15.0. The Morgan fingerprint density at radius 3 is 2.18 bits per heavy atom. The highest BCUT2D eigenvalue weighted by Crippen LogP contribution is 2.27. The van der Waals surface area contributed by atoms with E-state index >= 15 is 0 Å². The van der Waals surface area contributed by atoms with Crippen LogP contribution in [0.5, 0.6) is 5.75 Å². The van der Waals surface area contributed by atoms with Crippen molar-refractivity contribution in [2.45, 2.75) is 75.9 Å². The number of amides is 2. The summed E-state index contributed by atoms with van der Waals surface area (Å²) < 4.78 is 48.1. The third-order valence-electron chi connectivity index (χ3n) is 7.72. The topological polar surface area (TPSA) is 96.0 Å². The molecule has 236 valence electrons. The molecule has 3 aromatic rings. The van der Waals surface area contributed by atoms with Crippen LogP contribution in [0, 0.1) is 5.82 Å². The molecule has 1 unspecified atom stereocenters. The summed E-state index contributed by atoms with van der Waals surface area (Å²) >= 11 is 6.09. The summed E-state index contributed by atoms with van der Waals surface area (Å²) in [7, 11) is -4.32. The Kier molecular flexibility index (Phi) is 11.6. The lowest BCUT2D eigenvalue weighted by molar-refractivity contribution is -0.140. The molecule has 1 fully saturated rings. The Balaban J connectivity index is 1.70. The van der Waals surface area contributed by atoms with Crippen molar-refractivity contribution in [3.63, 3.8) is 0 Å². The zero-order valence-corrected chi connectivity index (χ0v) is 26.6. The molecule has 11 heteroatoms. The minimum absolute atomic E-state index is 0.0389. The van der Waals surface area contributed by atoms with Gasteiger partial charge in [0, 0.05) is 17.6 Å². The molecule has 0 radical (unpaired) electrons. The molecule has 0 aliphatic heterocycles. The highest BCUT2D eigenvalue weighted by Gasteiger charge is 2.34. The molecule has 0 bridgehead atoms. The number of nitrogens with zero attached hydrogens (tertiary/aromatic N) is 2. The van der Waals surface area contributed by atoms with Crippen LogP contribution in [0.15, 0.2) is 77.7 Å². The van der Waals surface area contributed by atoms with Gasteiger partial charge in [-0.3, -0.25) is 13.9 Å². The molecule has 0 saturated heterocycles. The van der Waals surface area contributed by atoms with Crippen molar-refractivity contribution in [3.8, 4) is 5.75 Å². The average Bonchev–Trinajstić information content (AvgIpc) is 3.02. The van der Waals surface area contributed by atoms with Gasteiger partial charge in [0.1, 0.15) is 24.2 Å². The van der Waals surface area contributed by atoms with E-state index in [2.05, 4.69) is 5.32 Å². The largest absolute Gasteiger partial charge is 0.494 e. The van der Waals surface area contributed by atoms with Crippen LogP contribution in [0.1, 0.15) is 57.9 Å². The van der Waals surface area contributed by atoms with Gasteiger partial charge >= 0.3 is 0 Å². The first-order chi connectivity index (χ1) is 21.1. The zero-order valence-electron chi connectivity index (χ0n) is 25.0. The van der Waals surface area contributed by atoms with Gasteiger partial charge in [0.05, 0.1) is 17.2 Å². The Labute approximate surface area is 264 Å². The van der Waals surface area contributed by atoms with Crippen LogP contribution < -0.4 is 14.4 Å². The predicted octanol–water partition coefficient (Wildman–Crippen LogP) is 6.33. The summed E-state index contributed by atoms with van der Waals surface area (Å²) in [6.45, 7) is 3.57. The quantitative estimate of drug-likeness (QED) is 0.235. The zero-order chi connectivity index (χ0) is 31.7. The van der Waals surface area contributed by atoms with Gasteiger partial charge in [0.15, 0.2) is 0 Å². The summed E-state index contributed by atoms with van der Waals surface area (Å²) in [6, 6.07) is 16.9. The lowest BCUT2D eigenvalue weighted by Crippen LogP contribution is -2.54. The molecule has 0 spiro atoms. The molecule has 4 rings (SSSR count). The van der Waals surface area contributed by atoms with Crippen LogP contribution in [0.2, 0.25) is 5.02 Å². The molecule has 1 aliphatic rings. The third-order valence-corrected chi connectivity index (χ3v) is 9.76. The maximum atomic E-state index is 14.2. The summed E-state index contributed by atoms with van der Waals surface area (Å²) in [5, 5.41) is 3.66. The first kappa shape index (κ1) is 33.3. The number of rotatable bonds is 13. The number of ether oxygens (including phenoxy) is 1. The Hall–Kier alpha value is -3.63. The van der Waals surface area contributed by atoms with Crippen LogP contribution in [0.4, 0.5) is 10.1 Å². The fourth-order valence-corrected chi connectivity index (χ4v) is 6.93. The van der Waals surface area contributed by atoms with E-state index in [1.165, 1.54) is 4.90 Å². The third kappa shape index (κ3) is 8.51. The summed E-state index contributed by atoms with van der Waals surface area (Å²) in [6.07, 6.45) is 5.30. The highest BCUT2D eigenvalue weighted by atomic mass is 35.5. The van der Waals surface area contributed by atoms with E-state index in [-0.39, 0.29) is 29.1 Å². The number of halogens is 2. The standard InChI is InChI=1S/C33H39ClFN3O5S/c1-3-31(33(40)36-27-8-6-5-7-9-27)37(22-24-10-12-25(34)13-11-24)32(39)23-38(28-16-18-29(19-17-28)43-4-2)44(41,42)30-20-14-26(35)15-21-30/h10-21,27,31H,3-9,22-23H2,1-2H3,(H,36,40). The number of anilines is 1. The van der Waals surface area contributed by atoms with Gasteiger partial charge < -0.3 is 15.0 Å². The molecule has 8 nitrogen and oxygen atoms in total. The normalized spacial score (nSPS) is 14.5. The fourth-order valence-electron chi connectivity index (χ4n) is 5.39. The van der Waals surface area contributed by atoms with E-state index in [0.717, 1.165) is 66.2 Å². The summed E-state index contributed by atoms with van der Waals surface area (Å²) in [5.74, 6) is -0.881. The first-order valence-corrected chi connectivity index (χ1v) is 16.8. The molecule has 0 aromatic heterocycles. The molecule has 2 amide bonds. The number of hydrogen-bond donors (Lipinski definition) is 1. The summed E-state index contributed by atoms with van der Waals surface area (Å²) in [4.78, 5) is 29.1. The molecule has 1 saturated carbocycles. The molecular formula is C33H39ClFN3O5S. The van der Waals surface area contributed by atoms with Crippen molar-refractivity contribution in [2.24, 2.45) is 0 Å². The van der Waals surface area contributed by atoms with E-state index in [0.29, 0.717) is 23.8 Å². The highest BCUT2D eigenvalue weighted by molar-refractivity contribution is 7.92. The Bertz CT molecular complexity index is 1500. The lowest BCUT2D eigenvalue weighted by atomic mass is 9.95. The molecule has 1 atom stereocenters. The van der Waals surface area contributed by atoms with Gasteiger partial charge in [0.25, 0.3) is 10.0 Å². The van der Waals surface area contributed by atoms with Gasteiger partial charge in [-0.25, -0.2) is 12.8 Å². The van der Waals surface area contributed by atoms with E-state index in [1.807, 2.05) is 13.8 Å². The van der Waals surface area contributed by atoms with Crippen molar-refractivity contribution in [1.29, 1.82) is 0 Å². The average molecular weight is 644 g/mol. The second-order valence-corrected chi connectivity index (χ2v) is 13.1. The monoisotopic (exact) mass is 643 g/mol. The maximum Gasteiger partial charge on any atom is 0.264 e. The van der Waals surface area contributed by atoms with Crippen LogP contribution >= 0.6 is 11.6 Å². The van der Waals surface area contributed by atoms with E-state index in [4.69, 9.17) is 16.3 Å². The van der Waals surface area contributed by atoms with Gasteiger partial charge in [-0.15, -0.1) is 0 Å². The van der Waals surface area contributed by atoms with Crippen LogP contribution in [-0.4, -0.2) is 50.4 Å². The second kappa shape index (κ2) is 15.4. The molecule has 1 N–H and O–H groups in total. The molecule has 3 aromatic carbocycles. The SMILES string of the molecule is CCOc1ccc(N(CC(=O)N(Cc2ccc(Cl)cc2)C(CC)C(=O)NC2CCCCC2)S(=O)(=O)c2ccc(F)cc2)cc1. The maximum absolute atomic E-state index is 14.2. The van der Waals surface area contributed by atoms with Crippen molar-refractivity contribution in [2.75, 3.05) is 17.5 Å². The van der Waals surface area contributed by atoms with Gasteiger partial charge in [-0.2, -0.15) is 0 Å².